The Kier molecular flexibility index (Phi) is 7.71. The monoisotopic (exact) mass is 410 g/mol. The van der Waals surface area contributed by atoms with E-state index in [9.17, 15) is 9.59 Å². The molecule has 1 N–H and O–H groups in total. The van der Waals surface area contributed by atoms with Crippen molar-refractivity contribution in [2.45, 2.75) is 39.5 Å². The smallest absolute Gasteiger partial charge is 0.255 e. The van der Waals surface area contributed by atoms with Gasteiger partial charge in [0, 0.05) is 18.7 Å². The fourth-order valence-electron chi connectivity index (χ4n) is 3.61. The number of anilines is 1. The molecule has 6 nitrogen and oxygen atoms in total. The Labute approximate surface area is 178 Å². The summed E-state index contributed by atoms with van der Waals surface area (Å²) in [5.41, 5.74) is 1.48. The molecule has 0 unspecified atom stereocenters. The number of amides is 2. The van der Waals surface area contributed by atoms with Crippen LogP contribution in [0.4, 0.5) is 5.69 Å². The average Bonchev–Trinajstić information content (AvgIpc) is 3.05. The fraction of sp³-hybridized carbons (Fsp3) is 0.417. The third-order valence-corrected chi connectivity index (χ3v) is 5.10. The number of carbonyl (C=O) groups excluding carboxylic acids is 2. The second-order valence-corrected chi connectivity index (χ2v) is 7.23. The van der Waals surface area contributed by atoms with Crippen molar-refractivity contribution >= 4 is 17.5 Å². The van der Waals surface area contributed by atoms with Gasteiger partial charge in [0.1, 0.15) is 0 Å². The van der Waals surface area contributed by atoms with Gasteiger partial charge in [-0.1, -0.05) is 25.0 Å². The Morgan fingerprint density at radius 3 is 2.27 bits per heavy atom. The van der Waals surface area contributed by atoms with Gasteiger partial charge < -0.3 is 19.7 Å². The van der Waals surface area contributed by atoms with E-state index in [-0.39, 0.29) is 11.8 Å². The first-order valence-corrected chi connectivity index (χ1v) is 10.7. The molecule has 0 saturated carbocycles. The molecule has 1 aliphatic rings. The number of hydrogen-bond acceptors (Lipinski definition) is 4. The number of para-hydroxylation sites is 1. The van der Waals surface area contributed by atoms with Gasteiger partial charge in [0.25, 0.3) is 11.8 Å². The lowest BCUT2D eigenvalue weighted by molar-refractivity contribution is 0.0762. The first kappa shape index (κ1) is 21.7. The van der Waals surface area contributed by atoms with E-state index in [1.54, 1.807) is 30.3 Å². The highest BCUT2D eigenvalue weighted by Gasteiger charge is 2.21. The van der Waals surface area contributed by atoms with Crippen molar-refractivity contribution in [1.82, 2.24) is 4.90 Å². The van der Waals surface area contributed by atoms with Crippen LogP contribution in [-0.4, -0.2) is 43.0 Å². The van der Waals surface area contributed by atoms with Gasteiger partial charge in [-0.15, -0.1) is 0 Å². The Balaban J connectivity index is 1.80. The van der Waals surface area contributed by atoms with Crippen molar-refractivity contribution in [1.29, 1.82) is 0 Å². The molecule has 3 rings (SSSR count). The number of rotatable bonds is 7. The van der Waals surface area contributed by atoms with Gasteiger partial charge in [-0.25, -0.2) is 0 Å². The minimum atomic E-state index is -0.296. The van der Waals surface area contributed by atoms with E-state index in [1.807, 2.05) is 30.9 Å². The van der Waals surface area contributed by atoms with E-state index in [0.717, 1.165) is 38.8 Å². The molecule has 0 aromatic heterocycles. The van der Waals surface area contributed by atoms with Crippen LogP contribution in [-0.2, 0) is 0 Å². The first-order valence-electron chi connectivity index (χ1n) is 10.7. The van der Waals surface area contributed by atoms with Crippen molar-refractivity contribution in [3.63, 3.8) is 0 Å². The summed E-state index contributed by atoms with van der Waals surface area (Å²) in [5, 5.41) is 2.90. The summed E-state index contributed by atoms with van der Waals surface area (Å²) in [6.07, 6.45) is 4.35. The summed E-state index contributed by atoms with van der Waals surface area (Å²) in [6, 6.07) is 12.3. The third kappa shape index (κ3) is 5.32. The predicted molar refractivity (Wildman–Crippen MR) is 118 cm³/mol. The van der Waals surface area contributed by atoms with E-state index in [0.29, 0.717) is 41.5 Å². The Hall–Kier alpha value is -3.02. The van der Waals surface area contributed by atoms with Crippen molar-refractivity contribution in [3.05, 3.63) is 53.6 Å². The third-order valence-electron chi connectivity index (χ3n) is 5.10. The number of carbonyl (C=O) groups is 2. The second-order valence-electron chi connectivity index (χ2n) is 7.23. The van der Waals surface area contributed by atoms with E-state index in [4.69, 9.17) is 9.47 Å². The number of ether oxygens (including phenoxy) is 2. The Morgan fingerprint density at radius 2 is 1.57 bits per heavy atom. The summed E-state index contributed by atoms with van der Waals surface area (Å²) in [7, 11) is 0. The summed E-state index contributed by atoms with van der Waals surface area (Å²) in [5.74, 6) is 0.804. The van der Waals surface area contributed by atoms with E-state index >= 15 is 0 Å². The molecule has 0 aliphatic carbocycles. The van der Waals surface area contributed by atoms with Crippen LogP contribution < -0.4 is 14.8 Å². The SMILES string of the molecule is CCOc1ccc(C(=O)Nc2ccccc2C(=O)N2CCCCCC2)cc1OCC. The Bertz CT molecular complexity index is 873. The van der Waals surface area contributed by atoms with Gasteiger partial charge in [-0.3, -0.25) is 9.59 Å². The van der Waals surface area contributed by atoms with Crippen molar-refractivity contribution in [3.8, 4) is 11.5 Å². The molecule has 0 radical (unpaired) electrons. The van der Waals surface area contributed by atoms with Crippen LogP contribution in [0.5, 0.6) is 11.5 Å². The zero-order chi connectivity index (χ0) is 21.3. The molecular formula is C24H30N2O4. The minimum absolute atomic E-state index is 0.0329. The van der Waals surface area contributed by atoms with Crippen molar-refractivity contribution in [2.24, 2.45) is 0 Å². The van der Waals surface area contributed by atoms with E-state index < -0.39 is 0 Å². The molecule has 1 saturated heterocycles. The topological polar surface area (TPSA) is 67.9 Å². The largest absolute Gasteiger partial charge is 0.490 e. The minimum Gasteiger partial charge on any atom is -0.490 e. The number of nitrogens with one attached hydrogen (secondary N) is 1. The van der Waals surface area contributed by atoms with Gasteiger partial charge in [0.15, 0.2) is 11.5 Å². The second kappa shape index (κ2) is 10.7. The zero-order valence-electron chi connectivity index (χ0n) is 17.8. The van der Waals surface area contributed by atoms with Crippen LogP contribution in [0.3, 0.4) is 0 Å². The molecule has 1 aliphatic heterocycles. The molecule has 1 fully saturated rings. The number of likely N-dealkylation sites (tertiary alicyclic amines) is 1. The molecule has 2 amide bonds. The van der Waals surface area contributed by atoms with Crippen LogP contribution in [0.25, 0.3) is 0 Å². The van der Waals surface area contributed by atoms with E-state index in [1.165, 1.54) is 0 Å². The van der Waals surface area contributed by atoms with Crippen LogP contribution in [0.2, 0.25) is 0 Å². The standard InChI is InChI=1S/C24H30N2O4/c1-3-29-21-14-13-18(17-22(21)30-4-2)23(27)25-20-12-8-7-11-19(20)24(28)26-15-9-5-6-10-16-26/h7-8,11-14,17H,3-6,9-10,15-16H2,1-2H3,(H,25,27). The molecule has 0 atom stereocenters. The number of nitrogens with zero attached hydrogens (tertiary/aromatic N) is 1. The zero-order valence-corrected chi connectivity index (χ0v) is 17.8. The quantitative estimate of drug-likeness (QED) is 0.715. The average molecular weight is 411 g/mol. The summed E-state index contributed by atoms with van der Waals surface area (Å²) in [4.78, 5) is 27.9. The summed E-state index contributed by atoms with van der Waals surface area (Å²) in [6.45, 7) is 6.28. The summed E-state index contributed by atoms with van der Waals surface area (Å²) >= 11 is 0. The van der Waals surface area contributed by atoms with Crippen LogP contribution in [0.15, 0.2) is 42.5 Å². The lowest BCUT2D eigenvalue weighted by Gasteiger charge is -2.22. The van der Waals surface area contributed by atoms with Gasteiger partial charge in [-0.05, 0) is 57.0 Å². The highest BCUT2D eigenvalue weighted by Crippen LogP contribution is 2.29. The first-order chi connectivity index (χ1) is 14.6. The molecule has 2 aromatic carbocycles. The summed E-state index contributed by atoms with van der Waals surface area (Å²) < 4.78 is 11.2. The highest BCUT2D eigenvalue weighted by atomic mass is 16.5. The van der Waals surface area contributed by atoms with Crippen LogP contribution >= 0.6 is 0 Å². The maximum atomic E-state index is 13.1. The van der Waals surface area contributed by atoms with Gasteiger partial charge in [-0.2, -0.15) is 0 Å². The number of hydrogen-bond donors (Lipinski definition) is 1. The lowest BCUT2D eigenvalue weighted by Crippen LogP contribution is -2.32. The van der Waals surface area contributed by atoms with Gasteiger partial charge in [0.2, 0.25) is 0 Å². The molecular weight excluding hydrogens is 380 g/mol. The van der Waals surface area contributed by atoms with Crippen LogP contribution in [0, 0.1) is 0 Å². The van der Waals surface area contributed by atoms with Crippen molar-refractivity contribution in [2.75, 3.05) is 31.6 Å². The molecule has 0 spiro atoms. The van der Waals surface area contributed by atoms with E-state index in [2.05, 4.69) is 5.32 Å². The Morgan fingerprint density at radius 1 is 0.900 bits per heavy atom. The fourth-order valence-corrected chi connectivity index (χ4v) is 3.61. The molecule has 30 heavy (non-hydrogen) atoms. The molecule has 160 valence electrons. The van der Waals surface area contributed by atoms with Crippen LogP contribution in [0.1, 0.15) is 60.2 Å². The van der Waals surface area contributed by atoms with Gasteiger partial charge in [0.05, 0.1) is 24.5 Å². The number of benzene rings is 2. The molecule has 2 aromatic rings. The maximum Gasteiger partial charge on any atom is 0.255 e. The highest BCUT2D eigenvalue weighted by molar-refractivity contribution is 6.09. The molecule has 0 bridgehead atoms. The molecule has 1 heterocycles. The van der Waals surface area contributed by atoms with Crippen molar-refractivity contribution < 1.29 is 19.1 Å². The normalized spacial score (nSPS) is 14.0. The molecule has 6 heteroatoms. The lowest BCUT2D eigenvalue weighted by atomic mass is 10.1. The van der Waals surface area contributed by atoms with Gasteiger partial charge >= 0.3 is 0 Å². The maximum absolute atomic E-state index is 13.1. The predicted octanol–water partition coefficient (Wildman–Crippen LogP) is 4.75.